The molecule has 0 aliphatic rings. The van der Waals surface area contributed by atoms with Gasteiger partial charge in [0.1, 0.15) is 12.2 Å². The Labute approximate surface area is 101 Å². The summed E-state index contributed by atoms with van der Waals surface area (Å²) >= 11 is 0. The van der Waals surface area contributed by atoms with E-state index in [1.165, 1.54) is 6.33 Å². The second kappa shape index (κ2) is 6.08. The van der Waals surface area contributed by atoms with Gasteiger partial charge < -0.3 is 9.67 Å². The van der Waals surface area contributed by atoms with Crippen molar-refractivity contribution < 1.29 is 13.5 Å². The van der Waals surface area contributed by atoms with Crippen LogP contribution in [0.3, 0.4) is 0 Å². The fourth-order valence-corrected chi connectivity index (χ4v) is 2.82. The Morgan fingerprint density at radius 1 is 1.53 bits per heavy atom. The number of hydrogen-bond donors (Lipinski definition) is 2. The molecule has 1 rings (SSSR count). The van der Waals surface area contributed by atoms with Crippen molar-refractivity contribution >= 4 is 10.0 Å². The Hall–Kier alpha value is -0.990. The fraction of sp³-hybridized carbons (Fsp3) is 0.778. The first-order valence-corrected chi connectivity index (χ1v) is 7.06. The molecule has 7 nitrogen and oxygen atoms in total. The lowest BCUT2D eigenvalue weighted by Gasteiger charge is -2.13. The number of aliphatic hydroxyl groups is 1. The minimum absolute atomic E-state index is 0.00829. The molecule has 1 aromatic rings. The summed E-state index contributed by atoms with van der Waals surface area (Å²) in [7, 11) is -1.58. The van der Waals surface area contributed by atoms with Crippen LogP contribution in [0.25, 0.3) is 0 Å². The average Bonchev–Trinajstić information content (AvgIpc) is 2.64. The van der Waals surface area contributed by atoms with Crippen LogP contribution in [0.15, 0.2) is 6.33 Å². The molecule has 1 unspecified atom stereocenters. The number of unbranched alkanes of at least 4 members (excludes halogenated alkanes) is 1. The highest BCUT2D eigenvalue weighted by molar-refractivity contribution is 7.89. The average molecular weight is 262 g/mol. The van der Waals surface area contributed by atoms with E-state index in [-0.39, 0.29) is 12.4 Å². The van der Waals surface area contributed by atoms with E-state index >= 15 is 0 Å². The van der Waals surface area contributed by atoms with Crippen molar-refractivity contribution in [3.8, 4) is 0 Å². The third-order valence-electron chi connectivity index (χ3n) is 2.31. The Morgan fingerprint density at radius 2 is 2.24 bits per heavy atom. The van der Waals surface area contributed by atoms with Crippen LogP contribution in [0.2, 0.25) is 0 Å². The third kappa shape index (κ3) is 4.41. The van der Waals surface area contributed by atoms with Crippen molar-refractivity contribution in [2.24, 2.45) is 7.05 Å². The van der Waals surface area contributed by atoms with E-state index in [2.05, 4.69) is 14.9 Å². The van der Waals surface area contributed by atoms with E-state index in [4.69, 9.17) is 5.11 Å². The van der Waals surface area contributed by atoms with Crippen LogP contribution in [0.1, 0.15) is 31.6 Å². The first-order valence-electron chi connectivity index (χ1n) is 5.41. The van der Waals surface area contributed by atoms with Crippen LogP contribution < -0.4 is 4.72 Å². The molecule has 0 aromatic carbocycles. The summed E-state index contributed by atoms with van der Waals surface area (Å²) < 4.78 is 27.5. The van der Waals surface area contributed by atoms with Gasteiger partial charge in [-0.2, -0.15) is 0 Å². The number of hydrogen-bond acceptors (Lipinski definition) is 5. The maximum absolute atomic E-state index is 11.7. The topological polar surface area (TPSA) is 97.1 Å². The van der Waals surface area contributed by atoms with Crippen molar-refractivity contribution in [1.82, 2.24) is 19.5 Å². The Kier molecular flexibility index (Phi) is 5.03. The molecule has 98 valence electrons. The molecule has 2 N–H and O–H groups in total. The molecule has 0 amide bonds. The monoisotopic (exact) mass is 262 g/mol. The van der Waals surface area contributed by atoms with E-state index < -0.39 is 16.1 Å². The van der Waals surface area contributed by atoms with Gasteiger partial charge in [-0.15, -0.1) is 10.2 Å². The molecule has 1 atom stereocenters. The van der Waals surface area contributed by atoms with Gasteiger partial charge in [-0.1, -0.05) is 0 Å². The molecule has 8 heteroatoms. The fourth-order valence-electron chi connectivity index (χ4n) is 1.47. The van der Waals surface area contributed by atoms with Crippen molar-refractivity contribution in [2.75, 3.05) is 12.4 Å². The first kappa shape index (κ1) is 14.1. The van der Waals surface area contributed by atoms with Crippen LogP contribution in [-0.2, 0) is 17.1 Å². The zero-order valence-electron chi connectivity index (χ0n) is 10.00. The van der Waals surface area contributed by atoms with Crippen LogP contribution in [0.4, 0.5) is 0 Å². The SMILES string of the molecule is CC(NS(=O)(=O)CCCCO)c1nncn1C. The van der Waals surface area contributed by atoms with Gasteiger partial charge in [0.05, 0.1) is 11.8 Å². The van der Waals surface area contributed by atoms with Crippen LogP contribution >= 0.6 is 0 Å². The smallest absolute Gasteiger partial charge is 0.212 e. The zero-order valence-corrected chi connectivity index (χ0v) is 10.8. The molecule has 0 radical (unpaired) electrons. The van der Waals surface area contributed by atoms with E-state index in [0.717, 1.165) is 0 Å². The van der Waals surface area contributed by atoms with E-state index in [9.17, 15) is 8.42 Å². The summed E-state index contributed by atoms with van der Waals surface area (Å²) in [5.74, 6) is 0.575. The number of nitrogens with one attached hydrogen (secondary N) is 1. The van der Waals surface area contributed by atoms with Gasteiger partial charge in [-0.3, -0.25) is 0 Å². The van der Waals surface area contributed by atoms with Gasteiger partial charge in [-0.25, -0.2) is 13.1 Å². The van der Waals surface area contributed by atoms with Gasteiger partial charge >= 0.3 is 0 Å². The van der Waals surface area contributed by atoms with Gasteiger partial charge in [0.2, 0.25) is 10.0 Å². The summed E-state index contributed by atoms with van der Waals surface area (Å²) in [5, 5.41) is 16.1. The molecular formula is C9H18N4O3S. The number of rotatable bonds is 7. The number of aryl methyl sites for hydroxylation is 1. The third-order valence-corrected chi connectivity index (χ3v) is 3.85. The number of aliphatic hydroxyl groups excluding tert-OH is 1. The Bertz CT molecular complexity index is 443. The van der Waals surface area contributed by atoms with Crippen LogP contribution in [0.5, 0.6) is 0 Å². The molecular weight excluding hydrogens is 244 g/mol. The largest absolute Gasteiger partial charge is 0.396 e. The van der Waals surface area contributed by atoms with Crippen molar-refractivity contribution in [3.05, 3.63) is 12.2 Å². The second-order valence-electron chi connectivity index (χ2n) is 3.89. The predicted molar refractivity (Wildman–Crippen MR) is 62.7 cm³/mol. The molecule has 1 heterocycles. The highest BCUT2D eigenvalue weighted by Gasteiger charge is 2.18. The minimum atomic E-state index is -3.34. The van der Waals surface area contributed by atoms with Gasteiger partial charge in [0, 0.05) is 13.7 Å². The molecule has 17 heavy (non-hydrogen) atoms. The lowest BCUT2D eigenvalue weighted by atomic mass is 10.3. The Balaban J connectivity index is 2.56. The standard InChI is InChI=1S/C9H18N4O3S/c1-8(9-11-10-7-13(9)2)12-17(15,16)6-4-3-5-14/h7-8,12,14H,3-6H2,1-2H3. The molecule has 0 aliphatic heterocycles. The van der Waals surface area contributed by atoms with Crippen molar-refractivity contribution in [3.63, 3.8) is 0 Å². The Morgan fingerprint density at radius 3 is 2.76 bits per heavy atom. The summed E-state index contributed by atoms with van der Waals surface area (Å²) in [4.78, 5) is 0. The lowest BCUT2D eigenvalue weighted by molar-refractivity contribution is 0.287. The second-order valence-corrected chi connectivity index (χ2v) is 5.76. The summed E-state index contributed by atoms with van der Waals surface area (Å²) in [6.45, 7) is 1.72. The molecule has 0 aliphatic carbocycles. The van der Waals surface area contributed by atoms with Gasteiger partial charge in [0.25, 0.3) is 0 Å². The maximum atomic E-state index is 11.7. The van der Waals surface area contributed by atoms with Crippen molar-refractivity contribution in [1.29, 1.82) is 0 Å². The molecule has 0 spiro atoms. The normalized spacial score (nSPS) is 13.8. The van der Waals surface area contributed by atoms with E-state index in [0.29, 0.717) is 18.7 Å². The van der Waals surface area contributed by atoms with Crippen LogP contribution in [0, 0.1) is 0 Å². The molecule has 0 saturated heterocycles. The molecule has 0 fully saturated rings. The molecule has 1 aromatic heterocycles. The molecule has 0 bridgehead atoms. The minimum Gasteiger partial charge on any atom is -0.396 e. The summed E-state index contributed by atoms with van der Waals surface area (Å²) in [6, 6.07) is -0.415. The molecule has 0 saturated carbocycles. The number of sulfonamides is 1. The number of nitrogens with zero attached hydrogens (tertiary/aromatic N) is 3. The quantitative estimate of drug-likeness (QED) is 0.650. The highest BCUT2D eigenvalue weighted by atomic mass is 32.2. The van der Waals surface area contributed by atoms with E-state index in [1.807, 2.05) is 0 Å². The summed E-state index contributed by atoms with van der Waals surface area (Å²) in [5.41, 5.74) is 0. The van der Waals surface area contributed by atoms with Gasteiger partial charge in [0.15, 0.2) is 0 Å². The van der Waals surface area contributed by atoms with Crippen molar-refractivity contribution in [2.45, 2.75) is 25.8 Å². The summed E-state index contributed by atoms with van der Waals surface area (Å²) in [6.07, 6.45) is 2.45. The predicted octanol–water partition coefficient (Wildman–Crippen LogP) is -0.432. The van der Waals surface area contributed by atoms with Crippen LogP contribution in [-0.4, -0.2) is 40.6 Å². The lowest BCUT2D eigenvalue weighted by Crippen LogP contribution is -2.30. The zero-order chi connectivity index (χ0) is 12.9. The van der Waals surface area contributed by atoms with Gasteiger partial charge in [-0.05, 0) is 19.8 Å². The first-order chi connectivity index (χ1) is 7.96. The van der Waals surface area contributed by atoms with E-state index in [1.54, 1.807) is 18.5 Å². The highest BCUT2D eigenvalue weighted by Crippen LogP contribution is 2.09. The number of aromatic nitrogens is 3. The maximum Gasteiger partial charge on any atom is 0.212 e.